The second-order valence-electron chi connectivity index (χ2n) is 15.2. The van der Waals surface area contributed by atoms with Gasteiger partial charge < -0.3 is 9.13 Å². The van der Waals surface area contributed by atoms with Crippen molar-refractivity contribution in [3.05, 3.63) is 212 Å². The van der Waals surface area contributed by atoms with Crippen LogP contribution in [0.25, 0.3) is 111 Å². The Balaban J connectivity index is 1.04. The van der Waals surface area contributed by atoms with E-state index in [-0.39, 0.29) is 0 Å². The highest BCUT2D eigenvalue weighted by molar-refractivity contribution is 6.29. The standard InChI is InChI=1S/C55H35N5/c1-4-16-36(17-5-1)38-20-14-22-40(34-38)54-56-53(37-18-6-2-7-19-37)57-55(58-54)44-27-15-21-39-35-42(30-31-43(39)44)60-48-29-13-11-26-46(48)52-50(60)33-32-49-51(52)45-25-10-12-28-47(45)59(49)41-23-8-3-9-24-41/h1-35H. The summed E-state index contributed by atoms with van der Waals surface area (Å²) in [7, 11) is 0. The summed E-state index contributed by atoms with van der Waals surface area (Å²) in [6, 6.07) is 75.0. The van der Waals surface area contributed by atoms with Gasteiger partial charge in [-0.2, -0.15) is 0 Å². The van der Waals surface area contributed by atoms with Gasteiger partial charge in [-0.05, 0) is 76.5 Å². The first-order chi connectivity index (χ1) is 29.8. The summed E-state index contributed by atoms with van der Waals surface area (Å²) in [4.78, 5) is 15.4. The van der Waals surface area contributed by atoms with Crippen LogP contribution in [0.4, 0.5) is 0 Å². The monoisotopic (exact) mass is 765 g/mol. The van der Waals surface area contributed by atoms with Gasteiger partial charge in [-0.3, -0.25) is 0 Å². The van der Waals surface area contributed by atoms with Gasteiger partial charge in [0.1, 0.15) is 0 Å². The maximum absolute atomic E-state index is 5.19. The van der Waals surface area contributed by atoms with E-state index in [1.165, 1.54) is 43.6 Å². The maximum atomic E-state index is 5.19. The minimum absolute atomic E-state index is 0.635. The van der Waals surface area contributed by atoms with Gasteiger partial charge in [0, 0.05) is 49.6 Å². The summed E-state index contributed by atoms with van der Waals surface area (Å²) in [5.41, 5.74) is 12.1. The van der Waals surface area contributed by atoms with E-state index in [1.807, 2.05) is 24.3 Å². The summed E-state index contributed by atoms with van der Waals surface area (Å²) in [5, 5.41) is 7.16. The van der Waals surface area contributed by atoms with Gasteiger partial charge in [-0.25, -0.2) is 15.0 Å². The van der Waals surface area contributed by atoms with E-state index < -0.39 is 0 Å². The van der Waals surface area contributed by atoms with E-state index in [2.05, 4.69) is 197 Å². The molecular weight excluding hydrogens is 731 g/mol. The van der Waals surface area contributed by atoms with E-state index in [9.17, 15) is 0 Å². The van der Waals surface area contributed by atoms with Gasteiger partial charge in [0.2, 0.25) is 0 Å². The molecule has 0 saturated heterocycles. The number of hydrogen-bond acceptors (Lipinski definition) is 3. The Hall–Kier alpha value is -8.15. The number of benzene rings is 9. The zero-order valence-corrected chi connectivity index (χ0v) is 32.4. The highest BCUT2D eigenvalue weighted by Gasteiger charge is 2.21. The zero-order valence-electron chi connectivity index (χ0n) is 32.4. The molecule has 60 heavy (non-hydrogen) atoms. The van der Waals surface area contributed by atoms with E-state index in [4.69, 9.17) is 15.0 Å². The van der Waals surface area contributed by atoms with Crippen molar-refractivity contribution in [2.75, 3.05) is 0 Å². The van der Waals surface area contributed by atoms with Crippen LogP contribution in [0.5, 0.6) is 0 Å². The van der Waals surface area contributed by atoms with E-state index in [0.717, 1.165) is 50.0 Å². The lowest BCUT2D eigenvalue weighted by atomic mass is 10.0. The Morgan fingerprint density at radius 3 is 1.48 bits per heavy atom. The molecule has 0 aliphatic heterocycles. The minimum Gasteiger partial charge on any atom is -0.309 e. The van der Waals surface area contributed by atoms with Crippen molar-refractivity contribution < 1.29 is 0 Å². The summed E-state index contributed by atoms with van der Waals surface area (Å²) < 4.78 is 4.81. The maximum Gasteiger partial charge on any atom is 0.164 e. The molecule has 280 valence electrons. The fourth-order valence-corrected chi connectivity index (χ4v) is 9.07. The van der Waals surface area contributed by atoms with Gasteiger partial charge in [0.05, 0.1) is 22.1 Å². The van der Waals surface area contributed by atoms with Crippen molar-refractivity contribution in [2.45, 2.75) is 0 Å². The molecule has 0 saturated carbocycles. The third-order valence-corrected chi connectivity index (χ3v) is 11.7. The van der Waals surface area contributed by atoms with Crippen LogP contribution >= 0.6 is 0 Å². The smallest absolute Gasteiger partial charge is 0.164 e. The first-order valence-electron chi connectivity index (χ1n) is 20.3. The highest BCUT2D eigenvalue weighted by atomic mass is 15.0. The van der Waals surface area contributed by atoms with Crippen molar-refractivity contribution in [2.24, 2.45) is 0 Å². The molecule has 0 unspecified atom stereocenters. The highest BCUT2D eigenvalue weighted by Crippen LogP contribution is 2.43. The van der Waals surface area contributed by atoms with Crippen LogP contribution in [0.1, 0.15) is 0 Å². The zero-order chi connectivity index (χ0) is 39.6. The van der Waals surface area contributed by atoms with Crippen molar-refractivity contribution in [3.8, 4) is 56.7 Å². The number of aromatic nitrogens is 5. The molecule has 12 rings (SSSR count). The number of rotatable bonds is 6. The molecular formula is C55H35N5. The molecule has 3 aromatic heterocycles. The van der Waals surface area contributed by atoms with Gasteiger partial charge in [-0.1, -0.05) is 158 Å². The molecule has 9 aromatic carbocycles. The molecule has 12 aromatic rings. The Morgan fingerprint density at radius 2 is 0.800 bits per heavy atom. The Morgan fingerprint density at radius 1 is 0.283 bits per heavy atom. The molecule has 0 aliphatic rings. The first kappa shape index (κ1) is 33.9. The number of para-hydroxylation sites is 3. The lowest BCUT2D eigenvalue weighted by molar-refractivity contribution is 1.08. The Bertz CT molecular complexity index is 3590. The van der Waals surface area contributed by atoms with Crippen LogP contribution in [-0.2, 0) is 0 Å². The van der Waals surface area contributed by atoms with E-state index >= 15 is 0 Å². The fourth-order valence-electron chi connectivity index (χ4n) is 9.07. The molecule has 0 bridgehead atoms. The second kappa shape index (κ2) is 13.8. The van der Waals surface area contributed by atoms with Crippen LogP contribution < -0.4 is 0 Å². The number of nitrogens with zero attached hydrogens (tertiary/aromatic N) is 5. The van der Waals surface area contributed by atoms with Gasteiger partial charge >= 0.3 is 0 Å². The summed E-state index contributed by atoms with van der Waals surface area (Å²) >= 11 is 0. The molecule has 0 spiro atoms. The van der Waals surface area contributed by atoms with Crippen LogP contribution in [0.2, 0.25) is 0 Å². The Labute approximate surface area is 346 Å². The lowest BCUT2D eigenvalue weighted by Gasteiger charge is -2.13. The van der Waals surface area contributed by atoms with E-state index in [0.29, 0.717) is 17.5 Å². The SMILES string of the molecule is c1ccc(-c2cccc(-c3nc(-c4ccccc4)nc(-c4cccc5cc(-n6c7ccccc7c7c8c9ccccc9n(-c9ccccc9)c8ccc76)ccc45)n3)c2)cc1. The number of fused-ring (bicyclic) bond motifs is 8. The second-order valence-corrected chi connectivity index (χ2v) is 15.2. The summed E-state index contributed by atoms with van der Waals surface area (Å²) in [6.07, 6.45) is 0. The van der Waals surface area contributed by atoms with Crippen molar-refractivity contribution in [3.63, 3.8) is 0 Å². The van der Waals surface area contributed by atoms with Crippen molar-refractivity contribution >= 4 is 54.4 Å². The molecule has 3 heterocycles. The van der Waals surface area contributed by atoms with Crippen LogP contribution in [0.3, 0.4) is 0 Å². The minimum atomic E-state index is 0.635. The van der Waals surface area contributed by atoms with Crippen LogP contribution in [0, 0.1) is 0 Å². The molecule has 5 nitrogen and oxygen atoms in total. The molecule has 0 fully saturated rings. The van der Waals surface area contributed by atoms with Crippen molar-refractivity contribution in [1.29, 1.82) is 0 Å². The van der Waals surface area contributed by atoms with Gasteiger partial charge in [0.25, 0.3) is 0 Å². The third kappa shape index (κ3) is 5.44. The van der Waals surface area contributed by atoms with Crippen LogP contribution in [0.15, 0.2) is 212 Å². The molecule has 0 atom stereocenters. The van der Waals surface area contributed by atoms with Crippen LogP contribution in [-0.4, -0.2) is 24.1 Å². The Kier molecular flexibility index (Phi) is 7.78. The fraction of sp³-hybridized carbons (Fsp3) is 0. The lowest BCUT2D eigenvalue weighted by Crippen LogP contribution is -2.01. The van der Waals surface area contributed by atoms with E-state index in [1.54, 1.807) is 0 Å². The molecule has 5 heteroatoms. The largest absolute Gasteiger partial charge is 0.309 e. The quantitative estimate of drug-likeness (QED) is 0.169. The average molecular weight is 766 g/mol. The molecule has 0 aliphatic carbocycles. The number of hydrogen-bond donors (Lipinski definition) is 0. The van der Waals surface area contributed by atoms with Gasteiger partial charge in [-0.15, -0.1) is 0 Å². The summed E-state index contributed by atoms with van der Waals surface area (Å²) in [6.45, 7) is 0. The predicted octanol–water partition coefficient (Wildman–Crippen LogP) is 13.9. The topological polar surface area (TPSA) is 48.5 Å². The third-order valence-electron chi connectivity index (χ3n) is 11.7. The first-order valence-corrected chi connectivity index (χ1v) is 20.3. The molecule has 0 radical (unpaired) electrons. The van der Waals surface area contributed by atoms with Crippen molar-refractivity contribution in [1.82, 2.24) is 24.1 Å². The molecule has 0 amide bonds. The average Bonchev–Trinajstić information content (AvgIpc) is 3.85. The predicted molar refractivity (Wildman–Crippen MR) is 248 cm³/mol. The normalized spacial score (nSPS) is 11.7. The summed E-state index contributed by atoms with van der Waals surface area (Å²) in [5.74, 6) is 1.91. The van der Waals surface area contributed by atoms with Gasteiger partial charge in [0.15, 0.2) is 17.5 Å². The molecule has 0 N–H and O–H groups in total.